The van der Waals surface area contributed by atoms with Crippen LogP contribution in [-0.4, -0.2) is 18.5 Å². The van der Waals surface area contributed by atoms with Crippen LogP contribution < -0.4 is 21.4 Å². The molecule has 1 spiro atoms. The fourth-order valence-corrected chi connectivity index (χ4v) is 4.25. The van der Waals surface area contributed by atoms with Crippen LogP contribution in [0.5, 0.6) is 5.75 Å². The zero-order valence-corrected chi connectivity index (χ0v) is 16.2. The number of hydrogen-bond acceptors (Lipinski definition) is 7. The molecule has 156 valence electrons. The third kappa shape index (κ3) is 2.37. The van der Waals surface area contributed by atoms with Gasteiger partial charge in [0.15, 0.2) is 5.75 Å². The van der Waals surface area contributed by atoms with Crippen LogP contribution in [0.15, 0.2) is 63.1 Å². The number of fused-ring (bicyclic) bond motifs is 6. The van der Waals surface area contributed by atoms with Crippen LogP contribution in [0.1, 0.15) is 18.1 Å². The molecule has 31 heavy (non-hydrogen) atoms. The first-order chi connectivity index (χ1) is 14.9. The van der Waals surface area contributed by atoms with Gasteiger partial charge in [-0.1, -0.05) is 12.1 Å². The Balaban J connectivity index is 1.98. The Bertz CT molecular complexity index is 1390. The maximum absolute atomic E-state index is 14.3. The van der Waals surface area contributed by atoms with Crippen LogP contribution in [0.3, 0.4) is 0 Å². The Morgan fingerprint density at radius 2 is 2.00 bits per heavy atom. The van der Waals surface area contributed by atoms with Gasteiger partial charge in [-0.3, -0.25) is 4.79 Å². The summed E-state index contributed by atoms with van der Waals surface area (Å²) in [5.74, 6) is -2.87. The minimum Gasteiger partial charge on any atom is -0.462 e. The second kappa shape index (κ2) is 6.43. The predicted octanol–water partition coefficient (Wildman–Crippen LogP) is 2.30. The Hall–Kier alpha value is -4.14. The van der Waals surface area contributed by atoms with Crippen molar-refractivity contribution in [3.63, 3.8) is 0 Å². The molecule has 0 fully saturated rings. The van der Waals surface area contributed by atoms with Gasteiger partial charge < -0.3 is 24.9 Å². The number of rotatable bonds is 2. The van der Waals surface area contributed by atoms with Crippen LogP contribution in [0.25, 0.3) is 11.0 Å². The number of amides is 1. The zero-order chi connectivity index (χ0) is 21.9. The molecular weight excluding hydrogens is 407 g/mol. The molecule has 0 radical (unpaired) electrons. The molecule has 0 aliphatic carbocycles. The van der Waals surface area contributed by atoms with Crippen molar-refractivity contribution in [2.24, 2.45) is 5.73 Å². The van der Waals surface area contributed by atoms with Crippen LogP contribution in [0, 0.1) is 5.82 Å². The van der Waals surface area contributed by atoms with Gasteiger partial charge in [-0.25, -0.2) is 14.0 Å². The van der Waals surface area contributed by atoms with Crippen LogP contribution in [0.4, 0.5) is 10.1 Å². The molecule has 0 unspecified atom stereocenters. The average molecular weight is 422 g/mol. The van der Waals surface area contributed by atoms with Crippen LogP contribution in [-0.2, 0) is 19.7 Å². The van der Waals surface area contributed by atoms with Gasteiger partial charge in [0, 0.05) is 11.3 Å². The van der Waals surface area contributed by atoms with E-state index in [4.69, 9.17) is 19.6 Å². The highest BCUT2D eigenvalue weighted by molar-refractivity contribution is 6.18. The first kappa shape index (κ1) is 18.9. The highest BCUT2D eigenvalue weighted by atomic mass is 19.1. The molecule has 3 aromatic rings. The lowest BCUT2D eigenvalue weighted by molar-refractivity contribution is -0.140. The Kier molecular flexibility index (Phi) is 3.91. The molecule has 3 heterocycles. The Labute approximate surface area is 174 Å². The smallest absolute Gasteiger partial charge is 0.345 e. The quantitative estimate of drug-likeness (QED) is 0.480. The molecule has 2 aromatic carbocycles. The van der Waals surface area contributed by atoms with Gasteiger partial charge in [0.05, 0.1) is 12.0 Å². The molecule has 2 aliphatic heterocycles. The number of ether oxygens (including phenoxy) is 2. The first-order valence-corrected chi connectivity index (χ1v) is 9.42. The summed E-state index contributed by atoms with van der Waals surface area (Å²) < 4.78 is 30.6. The normalized spacial score (nSPS) is 19.1. The summed E-state index contributed by atoms with van der Waals surface area (Å²) in [4.78, 5) is 39.6. The van der Waals surface area contributed by atoms with Crippen LogP contribution >= 0.6 is 0 Å². The third-order valence-corrected chi connectivity index (χ3v) is 5.43. The van der Waals surface area contributed by atoms with Crippen molar-refractivity contribution in [3.05, 3.63) is 81.3 Å². The van der Waals surface area contributed by atoms with Gasteiger partial charge in [0.1, 0.15) is 28.0 Å². The summed E-state index contributed by atoms with van der Waals surface area (Å²) in [6, 6.07) is 10.1. The summed E-state index contributed by atoms with van der Waals surface area (Å²) in [6.07, 6.45) is 0. The van der Waals surface area contributed by atoms with Crippen molar-refractivity contribution in [1.82, 2.24) is 0 Å². The minimum atomic E-state index is -2.11. The SMILES string of the molecule is CCOC(=O)C1=C(N)Oc2c(c(=O)oc3ccccc23)[C@]12C(=O)Nc1ccc(F)cc12. The van der Waals surface area contributed by atoms with Crippen molar-refractivity contribution in [3.8, 4) is 5.75 Å². The molecule has 1 aromatic heterocycles. The van der Waals surface area contributed by atoms with Crippen molar-refractivity contribution >= 4 is 28.5 Å². The summed E-state index contributed by atoms with van der Waals surface area (Å²) in [7, 11) is 0. The first-order valence-electron chi connectivity index (χ1n) is 9.42. The molecule has 8 nitrogen and oxygen atoms in total. The number of para-hydroxylation sites is 1. The molecule has 5 rings (SSSR count). The van der Waals surface area contributed by atoms with Gasteiger partial charge in [-0.15, -0.1) is 0 Å². The summed E-state index contributed by atoms with van der Waals surface area (Å²) in [6.45, 7) is 1.55. The highest BCUT2D eigenvalue weighted by Crippen LogP contribution is 2.53. The van der Waals surface area contributed by atoms with Gasteiger partial charge >= 0.3 is 11.6 Å². The van der Waals surface area contributed by atoms with E-state index < -0.39 is 40.2 Å². The molecule has 0 saturated heterocycles. The molecule has 9 heteroatoms. The van der Waals surface area contributed by atoms with Gasteiger partial charge in [-0.2, -0.15) is 0 Å². The minimum absolute atomic E-state index is 0.0253. The molecule has 1 amide bonds. The maximum Gasteiger partial charge on any atom is 0.345 e. The number of anilines is 1. The number of halogens is 1. The summed E-state index contributed by atoms with van der Waals surface area (Å²) >= 11 is 0. The fraction of sp³-hybridized carbons (Fsp3) is 0.136. The standard InChI is InChI=1S/C22H15FN2O6/c1-2-29-19(26)16-18(24)31-17-11-5-3-4-6-14(11)30-20(27)15(17)22(16)12-9-10(23)7-8-13(12)25-21(22)28/h3-9H,2,24H2,1H3,(H,25,28)/t22-/m0/s1. The lowest BCUT2D eigenvalue weighted by atomic mass is 9.68. The predicted molar refractivity (Wildman–Crippen MR) is 107 cm³/mol. The van der Waals surface area contributed by atoms with E-state index in [0.29, 0.717) is 5.39 Å². The van der Waals surface area contributed by atoms with E-state index in [2.05, 4.69) is 5.32 Å². The van der Waals surface area contributed by atoms with Gasteiger partial charge in [0.2, 0.25) is 11.8 Å². The number of nitrogens with one attached hydrogen (secondary N) is 1. The molecular formula is C22H15FN2O6. The molecule has 2 aliphatic rings. The molecule has 1 atom stereocenters. The van der Waals surface area contributed by atoms with E-state index in [1.54, 1.807) is 31.2 Å². The van der Waals surface area contributed by atoms with E-state index in [9.17, 15) is 18.8 Å². The van der Waals surface area contributed by atoms with Crippen molar-refractivity contribution in [1.29, 1.82) is 0 Å². The monoisotopic (exact) mass is 422 g/mol. The lowest BCUT2D eigenvalue weighted by Crippen LogP contribution is -2.48. The van der Waals surface area contributed by atoms with Crippen molar-refractivity contribution < 1.29 is 27.9 Å². The summed E-state index contributed by atoms with van der Waals surface area (Å²) in [5.41, 5.74) is 2.88. The van der Waals surface area contributed by atoms with E-state index in [-0.39, 0.29) is 34.8 Å². The lowest BCUT2D eigenvalue weighted by Gasteiger charge is -2.34. The zero-order valence-electron chi connectivity index (χ0n) is 16.2. The second-order valence-corrected chi connectivity index (χ2v) is 7.05. The highest BCUT2D eigenvalue weighted by Gasteiger charge is 2.61. The Morgan fingerprint density at radius 1 is 1.23 bits per heavy atom. The number of carbonyl (C=O) groups excluding carboxylic acids is 2. The van der Waals surface area contributed by atoms with Crippen molar-refractivity contribution in [2.75, 3.05) is 11.9 Å². The number of nitrogens with two attached hydrogens (primary N) is 1. The van der Waals surface area contributed by atoms with Gasteiger partial charge in [-0.05, 0) is 37.3 Å². The Morgan fingerprint density at radius 3 is 2.77 bits per heavy atom. The second-order valence-electron chi connectivity index (χ2n) is 7.05. The van der Waals surface area contributed by atoms with E-state index >= 15 is 0 Å². The largest absolute Gasteiger partial charge is 0.462 e. The molecule has 0 saturated carbocycles. The number of hydrogen-bond donors (Lipinski definition) is 2. The van der Waals surface area contributed by atoms with E-state index in [1.807, 2.05) is 0 Å². The number of esters is 1. The summed E-state index contributed by atoms with van der Waals surface area (Å²) in [5, 5.41) is 2.97. The molecule has 3 N–H and O–H groups in total. The van der Waals surface area contributed by atoms with Gasteiger partial charge in [0.25, 0.3) is 0 Å². The number of benzene rings is 2. The van der Waals surface area contributed by atoms with Crippen molar-refractivity contribution in [2.45, 2.75) is 12.3 Å². The third-order valence-electron chi connectivity index (χ3n) is 5.43. The average Bonchev–Trinajstić information content (AvgIpc) is 3.00. The fourth-order valence-electron chi connectivity index (χ4n) is 4.25. The van der Waals surface area contributed by atoms with E-state index in [0.717, 1.165) is 12.1 Å². The van der Waals surface area contributed by atoms with E-state index in [1.165, 1.54) is 6.07 Å². The number of carbonyl (C=O) groups is 2. The topological polar surface area (TPSA) is 121 Å². The maximum atomic E-state index is 14.3. The van der Waals surface area contributed by atoms with Crippen LogP contribution in [0.2, 0.25) is 0 Å². The molecule has 0 bridgehead atoms.